The van der Waals surface area contributed by atoms with Crippen LogP contribution >= 0.6 is 12.2 Å². The minimum absolute atomic E-state index is 0.206. The van der Waals surface area contributed by atoms with Gasteiger partial charge in [-0.15, -0.1) is 0 Å². The molecule has 2 saturated heterocycles. The first-order chi connectivity index (χ1) is 16.6. The maximum absolute atomic E-state index is 5.93. The van der Waals surface area contributed by atoms with Crippen LogP contribution in [0, 0.1) is 11.7 Å². The van der Waals surface area contributed by atoms with Gasteiger partial charge in [0.1, 0.15) is 5.75 Å². The molecule has 0 spiro atoms. The van der Waals surface area contributed by atoms with E-state index in [-0.39, 0.29) is 6.10 Å². The van der Waals surface area contributed by atoms with Gasteiger partial charge in [0.05, 0.1) is 32.1 Å². The van der Waals surface area contributed by atoms with Crippen molar-refractivity contribution in [2.45, 2.75) is 39.1 Å². The monoisotopic (exact) mass is 479 g/mol. The molecule has 180 valence electrons. The minimum atomic E-state index is 0.206. The number of aryl methyl sites for hydroxylation is 1. The van der Waals surface area contributed by atoms with Gasteiger partial charge in [-0.05, 0) is 44.1 Å². The molecule has 1 aromatic heterocycles. The fourth-order valence-electron chi connectivity index (χ4n) is 4.82. The Balaban J connectivity index is 1.33. The maximum Gasteiger partial charge on any atom is 0.199 e. The van der Waals surface area contributed by atoms with Crippen LogP contribution in [0.3, 0.4) is 0 Å². The number of hydrogen-bond acceptors (Lipinski definition) is 6. The van der Waals surface area contributed by atoms with Crippen LogP contribution in [0.15, 0.2) is 48.5 Å². The van der Waals surface area contributed by atoms with Crippen molar-refractivity contribution in [3.63, 3.8) is 0 Å². The molecule has 34 heavy (non-hydrogen) atoms. The zero-order valence-electron chi connectivity index (χ0n) is 20.0. The molecule has 2 aliphatic heterocycles. The number of benzene rings is 2. The summed E-state index contributed by atoms with van der Waals surface area (Å²) in [6.07, 6.45) is 2.39. The SMILES string of the molecule is COc1ccccc1N1CCN(Cn2nc(-c3ccc(C)cc3)n(CC3CCCO3)c2=S)CC1. The fourth-order valence-corrected chi connectivity index (χ4v) is 5.08. The van der Waals surface area contributed by atoms with E-state index in [0.717, 1.165) is 79.8 Å². The molecule has 0 bridgehead atoms. The summed E-state index contributed by atoms with van der Waals surface area (Å²) in [7, 11) is 1.73. The second-order valence-electron chi connectivity index (χ2n) is 9.14. The van der Waals surface area contributed by atoms with E-state index < -0.39 is 0 Å². The first-order valence-electron chi connectivity index (χ1n) is 12.1. The van der Waals surface area contributed by atoms with E-state index in [9.17, 15) is 0 Å². The standard InChI is InChI=1S/C26H33N5O2S/c1-20-9-11-21(12-10-20)25-27-31(26(34)30(25)18-22-6-5-17-33-22)19-28-13-15-29(16-14-28)23-7-3-4-8-24(23)32-2/h3-4,7-12,22H,5-6,13-19H2,1-2H3. The van der Waals surface area contributed by atoms with Crippen LogP contribution < -0.4 is 9.64 Å². The van der Waals surface area contributed by atoms with Gasteiger partial charge < -0.3 is 14.4 Å². The maximum atomic E-state index is 5.93. The summed E-state index contributed by atoms with van der Waals surface area (Å²) in [6.45, 7) is 8.15. The van der Waals surface area contributed by atoms with Gasteiger partial charge in [0.25, 0.3) is 0 Å². The molecular weight excluding hydrogens is 446 g/mol. The first kappa shape index (κ1) is 23.1. The normalized spacial score (nSPS) is 19.0. The van der Waals surface area contributed by atoms with E-state index in [1.54, 1.807) is 7.11 Å². The molecule has 2 fully saturated rings. The third kappa shape index (κ3) is 4.89. The van der Waals surface area contributed by atoms with E-state index in [2.05, 4.69) is 57.7 Å². The second-order valence-corrected chi connectivity index (χ2v) is 9.50. The lowest BCUT2D eigenvalue weighted by Gasteiger charge is -2.36. The number of methoxy groups -OCH3 is 1. The van der Waals surface area contributed by atoms with Crippen molar-refractivity contribution in [1.82, 2.24) is 19.2 Å². The quantitative estimate of drug-likeness (QED) is 0.470. The van der Waals surface area contributed by atoms with Crippen LogP contribution in [0.1, 0.15) is 18.4 Å². The Labute approximate surface area is 206 Å². The molecule has 8 heteroatoms. The molecule has 0 amide bonds. The van der Waals surface area contributed by atoms with Gasteiger partial charge >= 0.3 is 0 Å². The Bertz CT molecular complexity index is 1160. The largest absolute Gasteiger partial charge is 0.495 e. The molecule has 0 aliphatic carbocycles. The highest BCUT2D eigenvalue weighted by Crippen LogP contribution is 2.28. The minimum Gasteiger partial charge on any atom is -0.495 e. The van der Waals surface area contributed by atoms with Crippen molar-refractivity contribution < 1.29 is 9.47 Å². The Morgan fingerprint density at radius 2 is 1.82 bits per heavy atom. The molecule has 0 radical (unpaired) electrons. The summed E-state index contributed by atoms with van der Waals surface area (Å²) < 4.78 is 16.4. The van der Waals surface area contributed by atoms with E-state index >= 15 is 0 Å². The van der Waals surface area contributed by atoms with Crippen LogP contribution in [-0.4, -0.2) is 65.2 Å². The predicted molar refractivity (Wildman–Crippen MR) is 137 cm³/mol. The summed E-state index contributed by atoms with van der Waals surface area (Å²) >= 11 is 5.93. The van der Waals surface area contributed by atoms with Gasteiger partial charge in [-0.1, -0.05) is 42.0 Å². The lowest BCUT2D eigenvalue weighted by atomic mass is 10.1. The van der Waals surface area contributed by atoms with Crippen molar-refractivity contribution in [3.8, 4) is 17.1 Å². The topological polar surface area (TPSA) is 47.7 Å². The van der Waals surface area contributed by atoms with Crippen molar-refractivity contribution >= 4 is 17.9 Å². The van der Waals surface area contributed by atoms with Crippen molar-refractivity contribution in [1.29, 1.82) is 0 Å². The van der Waals surface area contributed by atoms with Crippen LogP contribution in [0.2, 0.25) is 0 Å². The zero-order chi connectivity index (χ0) is 23.5. The van der Waals surface area contributed by atoms with Gasteiger partial charge in [0.2, 0.25) is 0 Å². The molecule has 1 atom stereocenters. The van der Waals surface area contributed by atoms with Crippen LogP contribution in [0.5, 0.6) is 5.75 Å². The number of anilines is 1. The third-order valence-electron chi connectivity index (χ3n) is 6.77. The molecule has 1 unspecified atom stereocenters. The first-order valence-corrected chi connectivity index (χ1v) is 12.5. The molecule has 2 aromatic carbocycles. The van der Waals surface area contributed by atoms with Crippen LogP contribution in [0.25, 0.3) is 11.4 Å². The number of piperazine rings is 1. The number of aromatic nitrogens is 3. The molecule has 0 saturated carbocycles. The van der Waals surface area contributed by atoms with E-state index in [4.69, 9.17) is 26.8 Å². The average Bonchev–Trinajstić information content (AvgIpc) is 3.49. The Kier molecular flexibility index (Phi) is 6.99. The summed E-state index contributed by atoms with van der Waals surface area (Å²) in [5.74, 6) is 1.85. The van der Waals surface area contributed by atoms with E-state index in [1.165, 1.54) is 5.56 Å². The lowest BCUT2D eigenvalue weighted by molar-refractivity contribution is 0.0966. The van der Waals surface area contributed by atoms with Crippen molar-refractivity contribution in [3.05, 3.63) is 58.9 Å². The molecule has 2 aliphatic rings. The summed E-state index contributed by atoms with van der Waals surface area (Å²) in [6, 6.07) is 16.8. The number of hydrogen-bond donors (Lipinski definition) is 0. The molecule has 3 heterocycles. The van der Waals surface area contributed by atoms with Gasteiger partial charge in [0.15, 0.2) is 10.6 Å². The van der Waals surface area contributed by atoms with Crippen LogP contribution in [-0.2, 0) is 18.0 Å². The highest BCUT2D eigenvalue weighted by Gasteiger charge is 2.23. The lowest BCUT2D eigenvalue weighted by Crippen LogP contribution is -2.47. The van der Waals surface area contributed by atoms with Crippen molar-refractivity contribution in [2.24, 2.45) is 0 Å². The highest BCUT2D eigenvalue weighted by atomic mass is 32.1. The molecule has 0 N–H and O–H groups in total. The Morgan fingerprint density at radius 1 is 1.06 bits per heavy atom. The summed E-state index contributed by atoms with van der Waals surface area (Å²) in [5.41, 5.74) is 3.48. The van der Waals surface area contributed by atoms with E-state index in [1.807, 2.05) is 16.8 Å². The Hall–Kier alpha value is -2.68. The average molecular weight is 480 g/mol. The van der Waals surface area contributed by atoms with Crippen LogP contribution in [0.4, 0.5) is 5.69 Å². The van der Waals surface area contributed by atoms with Gasteiger partial charge in [0, 0.05) is 38.3 Å². The second kappa shape index (κ2) is 10.3. The van der Waals surface area contributed by atoms with Gasteiger partial charge in [-0.25, -0.2) is 4.68 Å². The number of para-hydroxylation sites is 2. The van der Waals surface area contributed by atoms with Crippen molar-refractivity contribution in [2.75, 3.05) is 44.8 Å². The third-order valence-corrected chi connectivity index (χ3v) is 7.21. The summed E-state index contributed by atoms with van der Waals surface area (Å²) in [5, 5.41) is 5.00. The zero-order valence-corrected chi connectivity index (χ0v) is 20.8. The summed E-state index contributed by atoms with van der Waals surface area (Å²) in [4.78, 5) is 4.81. The molecule has 3 aromatic rings. The predicted octanol–water partition coefficient (Wildman–Crippen LogP) is 4.36. The molecular formula is C26H33N5O2S. The van der Waals surface area contributed by atoms with E-state index in [0.29, 0.717) is 6.67 Å². The number of ether oxygens (including phenoxy) is 2. The molecule has 5 rings (SSSR count). The highest BCUT2D eigenvalue weighted by molar-refractivity contribution is 7.71. The fraction of sp³-hybridized carbons (Fsp3) is 0.462. The number of rotatable bonds is 7. The number of nitrogens with zero attached hydrogens (tertiary/aromatic N) is 5. The Morgan fingerprint density at radius 3 is 2.53 bits per heavy atom. The smallest absolute Gasteiger partial charge is 0.199 e. The van der Waals surface area contributed by atoms with Gasteiger partial charge in [-0.3, -0.25) is 9.47 Å². The molecule has 7 nitrogen and oxygen atoms in total. The van der Waals surface area contributed by atoms with Gasteiger partial charge in [-0.2, -0.15) is 5.10 Å².